The molecule has 2 rings (SSSR count). The molecule has 0 bridgehead atoms. The number of aliphatic hydroxyl groups excluding tert-OH is 1. The van der Waals surface area contributed by atoms with E-state index in [1.807, 2.05) is 0 Å². The van der Waals surface area contributed by atoms with E-state index in [-0.39, 0.29) is 6.61 Å². The summed E-state index contributed by atoms with van der Waals surface area (Å²) in [5.41, 5.74) is 5.44. The molecule has 19 heavy (non-hydrogen) atoms. The highest BCUT2D eigenvalue weighted by Gasteiger charge is 2.20. The number of nitrogens with one attached hydrogen (secondary N) is 1. The van der Waals surface area contributed by atoms with E-state index in [1.54, 1.807) is 0 Å². The molecule has 2 N–H and O–H groups in total. The maximum Gasteiger partial charge on any atom is 0.0446 e. The Morgan fingerprint density at radius 2 is 1.95 bits per heavy atom. The summed E-state index contributed by atoms with van der Waals surface area (Å²) in [5, 5.41) is 12.7. The minimum Gasteiger partial charge on any atom is -0.396 e. The molecule has 106 valence electrons. The van der Waals surface area contributed by atoms with Gasteiger partial charge in [-0.15, -0.1) is 0 Å². The van der Waals surface area contributed by atoms with E-state index in [0.29, 0.717) is 6.04 Å². The number of nitrogens with zero attached hydrogens (tertiary/aromatic N) is 1. The van der Waals surface area contributed by atoms with Crippen LogP contribution in [0.4, 0.5) is 5.69 Å². The molecule has 0 radical (unpaired) electrons. The number of benzene rings is 1. The third-order valence-corrected chi connectivity index (χ3v) is 3.91. The Bertz CT molecular complexity index is 408. The maximum atomic E-state index is 9.15. The van der Waals surface area contributed by atoms with Crippen LogP contribution >= 0.6 is 0 Å². The number of aliphatic hydroxyl groups is 1. The van der Waals surface area contributed by atoms with Gasteiger partial charge in [-0.3, -0.25) is 0 Å². The molecular formula is C16H26N2O. The molecule has 3 heteroatoms. The Morgan fingerprint density at radius 3 is 2.58 bits per heavy atom. The van der Waals surface area contributed by atoms with Gasteiger partial charge in [0.25, 0.3) is 0 Å². The summed E-state index contributed by atoms with van der Waals surface area (Å²) < 4.78 is 0. The van der Waals surface area contributed by atoms with Crippen LogP contribution in [0.5, 0.6) is 0 Å². The second-order valence-electron chi connectivity index (χ2n) is 5.71. The Labute approximate surface area is 116 Å². The van der Waals surface area contributed by atoms with Gasteiger partial charge < -0.3 is 15.3 Å². The molecule has 1 fully saturated rings. The summed E-state index contributed by atoms with van der Waals surface area (Å²) in [7, 11) is 0. The molecule has 0 spiro atoms. The van der Waals surface area contributed by atoms with Gasteiger partial charge in [-0.1, -0.05) is 17.7 Å². The van der Waals surface area contributed by atoms with Crippen LogP contribution in [0.15, 0.2) is 12.1 Å². The molecule has 1 saturated heterocycles. The van der Waals surface area contributed by atoms with Crippen molar-refractivity contribution in [3.05, 3.63) is 28.8 Å². The second kappa shape index (κ2) is 6.40. The van der Waals surface area contributed by atoms with E-state index in [9.17, 15) is 0 Å². The fourth-order valence-corrected chi connectivity index (χ4v) is 3.22. The van der Waals surface area contributed by atoms with E-state index in [0.717, 1.165) is 32.5 Å². The zero-order chi connectivity index (χ0) is 13.8. The molecule has 1 unspecified atom stereocenters. The Morgan fingerprint density at radius 1 is 1.26 bits per heavy atom. The predicted octanol–water partition coefficient (Wildman–Crippen LogP) is 2.16. The van der Waals surface area contributed by atoms with Gasteiger partial charge in [0.15, 0.2) is 0 Å². The molecule has 3 nitrogen and oxygen atoms in total. The fraction of sp³-hybridized carbons (Fsp3) is 0.625. The molecule has 1 heterocycles. The summed E-state index contributed by atoms with van der Waals surface area (Å²) in [4.78, 5) is 2.49. The van der Waals surface area contributed by atoms with E-state index in [2.05, 4.69) is 43.1 Å². The lowest BCUT2D eigenvalue weighted by molar-refractivity contribution is 0.267. The molecule has 1 aromatic carbocycles. The van der Waals surface area contributed by atoms with Crippen molar-refractivity contribution >= 4 is 5.69 Å². The molecule has 1 atom stereocenters. The van der Waals surface area contributed by atoms with E-state index in [4.69, 9.17) is 5.11 Å². The largest absolute Gasteiger partial charge is 0.396 e. The first-order valence-corrected chi connectivity index (χ1v) is 7.29. The molecular weight excluding hydrogens is 236 g/mol. The lowest BCUT2D eigenvalue weighted by atomic mass is 10.0. The number of rotatable bonds is 3. The van der Waals surface area contributed by atoms with Gasteiger partial charge in [0.2, 0.25) is 0 Å². The normalized spacial score (nSPS) is 20.4. The number of hydrogen-bond acceptors (Lipinski definition) is 3. The van der Waals surface area contributed by atoms with Crippen molar-refractivity contribution in [3.63, 3.8) is 0 Å². The Kier molecular flexibility index (Phi) is 4.83. The van der Waals surface area contributed by atoms with Crippen molar-refractivity contribution in [2.45, 2.75) is 39.7 Å². The van der Waals surface area contributed by atoms with Crippen LogP contribution in [0.25, 0.3) is 0 Å². The average Bonchev–Trinajstić information content (AvgIpc) is 2.54. The van der Waals surface area contributed by atoms with Crippen LogP contribution < -0.4 is 10.2 Å². The van der Waals surface area contributed by atoms with Gasteiger partial charge in [-0.05, 0) is 51.3 Å². The smallest absolute Gasteiger partial charge is 0.0446 e. The molecule has 0 aromatic heterocycles. The third-order valence-electron chi connectivity index (χ3n) is 3.91. The third kappa shape index (κ3) is 3.48. The highest BCUT2D eigenvalue weighted by Crippen LogP contribution is 2.27. The van der Waals surface area contributed by atoms with Crippen molar-refractivity contribution in [1.29, 1.82) is 0 Å². The SMILES string of the molecule is Cc1cc(C)c(N2CCCNC(CCO)C2)c(C)c1. The van der Waals surface area contributed by atoms with Gasteiger partial charge >= 0.3 is 0 Å². The van der Waals surface area contributed by atoms with Gasteiger partial charge in [-0.25, -0.2) is 0 Å². The topological polar surface area (TPSA) is 35.5 Å². The average molecular weight is 262 g/mol. The minimum atomic E-state index is 0.261. The van der Waals surface area contributed by atoms with Crippen LogP contribution in [0.2, 0.25) is 0 Å². The minimum absolute atomic E-state index is 0.261. The fourth-order valence-electron chi connectivity index (χ4n) is 3.22. The Hall–Kier alpha value is -1.06. The first-order valence-electron chi connectivity index (χ1n) is 7.29. The number of anilines is 1. The zero-order valence-corrected chi connectivity index (χ0v) is 12.4. The van der Waals surface area contributed by atoms with E-state index >= 15 is 0 Å². The molecule has 1 aliphatic heterocycles. The van der Waals surface area contributed by atoms with E-state index in [1.165, 1.54) is 22.4 Å². The molecule has 0 aliphatic carbocycles. The summed E-state index contributed by atoms with van der Waals surface area (Å²) >= 11 is 0. The molecule has 1 aromatic rings. The van der Waals surface area contributed by atoms with Gasteiger partial charge in [0.05, 0.1) is 0 Å². The molecule has 0 amide bonds. The van der Waals surface area contributed by atoms with Crippen molar-refractivity contribution in [2.24, 2.45) is 0 Å². The molecule has 0 saturated carbocycles. The second-order valence-corrected chi connectivity index (χ2v) is 5.71. The first-order chi connectivity index (χ1) is 9.11. The zero-order valence-electron chi connectivity index (χ0n) is 12.4. The van der Waals surface area contributed by atoms with Crippen LogP contribution in [-0.4, -0.2) is 37.4 Å². The lowest BCUT2D eigenvalue weighted by Crippen LogP contribution is -2.38. The summed E-state index contributed by atoms with van der Waals surface area (Å²) in [6.45, 7) is 9.96. The van der Waals surface area contributed by atoms with Crippen LogP contribution in [0.3, 0.4) is 0 Å². The van der Waals surface area contributed by atoms with Crippen LogP contribution in [0.1, 0.15) is 29.5 Å². The van der Waals surface area contributed by atoms with Gasteiger partial charge in [0, 0.05) is 31.4 Å². The quantitative estimate of drug-likeness (QED) is 0.876. The first kappa shape index (κ1) is 14.4. The summed E-state index contributed by atoms with van der Waals surface area (Å²) in [6, 6.07) is 4.93. The predicted molar refractivity (Wildman–Crippen MR) is 81.0 cm³/mol. The maximum absolute atomic E-state index is 9.15. The van der Waals surface area contributed by atoms with Crippen LogP contribution in [-0.2, 0) is 0 Å². The lowest BCUT2D eigenvalue weighted by Gasteiger charge is -2.29. The monoisotopic (exact) mass is 262 g/mol. The highest BCUT2D eigenvalue weighted by atomic mass is 16.3. The van der Waals surface area contributed by atoms with Crippen molar-refractivity contribution in [3.8, 4) is 0 Å². The Balaban J connectivity index is 2.24. The summed E-state index contributed by atoms with van der Waals surface area (Å²) in [5.74, 6) is 0. The number of aryl methyl sites for hydroxylation is 3. The standard InChI is InChI=1S/C16H26N2O/c1-12-9-13(2)16(14(3)10-12)18-7-4-6-17-15(11-18)5-8-19/h9-10,15,17,19H,4-8,11H2,1-3H3. The van der Waals surface area contributed by atoms with Gasteiger partial charge in [-0.2, -0.15) is 0 Å². The number of hydrogen-bond donors (Lipinski definition) is 2. The molecule has 1 aliphatic rings. The van der Waals surface area contributed by atoms with Crippen LogP contribution in [0, 0.1) is 20.8 Å². The van der Waals surface area contributed by atoms with Crippen molar-refractivity contribution < 1.29 is 5.11 Å². The van der Waals surface area contributed by atoms with E-state index < -0.39 is 0 Å². The van der Waals surface area contributed by atoms with Crippen molar-refractivity contribution in [1.82, 2.24) is 5.32 Å². The van der Waals surface area contributed by atoms with Crippen molar-refractivity contribution in [2.75, 3.05) is 31.1 Å². The highest BCUT2D eigenvalue weighted by molar-refractivity contribution is 5.60. The van der Waals surface area contributed by atoms with Gasteiger partial charge in [0.1, 0.15) is 0 Å². The summed E-state index contributed by atoms with van der Waals surface area (Å²) in [6.07, 6.45) is 2.00.